The third kappa shape index (κ3) is 13.1. The van der Waals surface area contributed by atoms with Crippen LogP contribution in [0.5, 0.6) is 0 Å². The van der Waals surface area contributed by atoms with Gasteiger partial charge in [-0.3, -0.25) is 9.59 Å². The van der Waals surface area contributed by atoms with Crippen LogP contribution in [0, 0.1) is 0 Å². The molecule has 0 aromatic heterocycles. The van der Waals surface area contributed by atoms with Crippen LogP contribution >= 0.6 is 0 Å². The monoisotopic (exact) mass is 215 g/mol. The number of hydrogen-bond donors (Lipinski definition) is 1. The summed E-state index contributed by atoms with van der Waals surface area (Å²) in [6.45, 7) is 8.46. The third-order valence-corrected chi connectivity index (χ3v) is 1.83. The maximum atomic E-state index is 11.0. The zero-order chi connectivity index (χ0) is 12.1. The van der Waals surface area contributed by atoms with Gasteiger partial charge in [0.15, 0.2) is 0 Å². The van der Waals surface area contributed by atoms with Crippen molar-refractivity contribution in [3.05, 3.63) is 0 Å². The van der Waals surface area contributed by atoms with E-state index >= 15 is 0 Å². The Labute approximate surface area is 93.6 Å². The van der Waals surface area contributed by atoms with Crippen molar-refractivity contribution >= 4 is 11.7 Å². The van der Waals surface area contributed by atoms with Crippen molar-refractivity contribution in [3.63, 3.8) is 0 Å². The molecule has 0 aliphatic rings. The Morgan fingerprint density at radius 2 is 1.67 bits per heavy atom. The topological polar surface area (TPSA) is 46.2 Å². The van der Waals surface area contributed by atoms with Gasteiger partial charge in [-0.2, -0.15) is 0 Å². The van der Waals surface area contributed by atoms with Gasteiger partial charge in [0.25, 0.3) is 0 Å². The first-order valence-corrected chi connectivity index (χ1v) is 5.99. The fourth-order valence-electron chi connectivity index (χ4n) is 1.01. The van der Waals surface area contributed by atoms with Crippen molar-refractivity contribution in [1.82, 2.24) is 5.32 Å². The minimum atomic E-state index is 0.0893. The van der Waals surface area contributed by atoms with E-state index in [4.69, 9.17) is 0 Å². The van der Waals surface area contributed by atoms with E-state index in [0.717, 1.165) is 12.8 Å². The molecule has 0 atom stereocenters. The van der Waals surface area contributed by atoms with E-state index in [1.165, 1.54) is 0 Å². The zero-order valence-corrected chi connectivity index (χ0v) is 10.6. The first-order valence-electron chi connectivity index (χ1n) is 5.99. The van der Waals surface area contributed by atoms with E-state index in [-0.39, 0.29) is 11.7 Å². The lowest BCUT2D eigenvalue weighted by molar-refractivity contribution is -0.122. The molecule has 3 nitrogen and oxygen atoms in total. The fourth-order valence-corrected chi connectivity index (χ4v) is 1.01. The summed E-state index contributed by atoms with van der Waals surface area (Å²) >= 11 is 0. The molecular formula is C12H25NO2. The molecule has 0 aliphatic heterocycles. The molecule has 15 heavy (non-hydrogen) atoms. The van der Waals surface area contributed by atoms with Gasteiger partial charge in [0.05, 0.1) is 0 Å². The fraction of sp³-hybridized carbons (Fsp3) is 0.833. The number of carbonyl (C=O) groups is 2. The van der Waals surface area contributed by atoms with Gasteiger partial charge in [0.2, 0.25) is 5.91 Å². The minimum Gasteiger partial charge on any atom is -0.356 e. The standard InChI is InChI=1S/C10H19NO2.C2H6/c1-3-6-10(13)11-8-5-7-9(12)4-2;1-2/h3-8H2,1-2H3,(H,11,13);1-2H3. The first kappa shape index (κ1) is 16.6. The third-order valence-electron chi connectivity index (χ3n) is 1.83. The van der Waals surface area contributed by atoms with Crippen LogP contribution in [0.4, 0.5) is 0 Å². The van der Waals surface area contributed by atoms with E-state index in [0.29, 0.717) is 25.8 Å². The number of carbonyl (C=O) groups excluding carboxylic acids is 2. The molecule has 0 aromatic rings. The number of ketones is 1. The predicted molar refractivity (Wildman–Crippen MR) is 63.8 cm³/mol. The highest BCUT2D eigenvalue weighted by Crippen LogP contribution is 1.93. The van der Waals surface area contributed by atoms with Gasteiger partial charge >= 0.3 is 0 Å². The quantitative estimate of drug-likeness (QED) is 0.664. The molecule has 0 unspecified atom stereocenters. The Hall–Kier alpha value is -0.860. The Morgan fingerprint density at radius 1 is 1.07 bits per heavy atom. The van der Waals surface area contributed by atoms with Gasteiger partial charge in [-0.15, -0.1) is 0 Å². The zero-order valence-electron chi connectivity index (χ0n) is 10.6. The Kier molecular flexibility index (Phi) is 14.5. The number of amides is 1. The lowest BCUT2D eigenvalue weighted by Crippen LogP contribution is -2.24. The van der Waals surface area contributed by atoms with Crippen molar-refractivity contribution in [1.29, 1.82) is 0 Å². The molecule has 0 aromatic carbocycles. The number of Topliss-reactive ketones (excluding diaryl/α,β-unsaturated/α-hetero) is 1. The van der Waals surface area contributed by atoms with Crippen LogP contribution in [0.3, 0.4) is 0 Å². The van der Waals surface area contributed by atoms with Crippen LogP contribution in [0.2, 0.25) is 0 Å². The summed E-state index contributed by atoms with van der Waals surface area (Å²) in [6.07, 6.45) is 3.41. The minimum absolute atomic E-state index is 0.0893. The molecule has 0 heterocycles. The average Bonchev–Trinajstić information content (AvgIpc) is 2.27. The number of hydrogen-bond acceptors (Lipinski definition) is 2. The SMILES string of the molecule is CC.CCCC(=O)NCCCC(=O)CC. The van der Waals surface area contributed by atoms with Crippen LogP contribution < -0.4 is 5.32 Å². The van der Waals surface area contributed by atoms with Gasteiger partial charge in [0.1, 0.15) is 5.78 Å². The van der Waals surface area contributed by atoms with Crippen molar-refractivity contribution in [2.75, 3.05) is 6.54 Å². The van der Waals surface area contributed by atoms with Crippen LogP contribution in [0.1, 0.15) is 59.8 Å². The molecule has 1 amide bonds. The second kappa shape index (κ2) is 13.1. The molecule has 1 N–H and O–H groups in total. The summed E-state index contributed by atoms with van der Waals surface area (Å²) in [5.41, 5.74) is 0. The Bertz CT molecular complexity index is 167. The smallest absolute Gasteiger partial charge is 0.219 e. The summed E-state index contributed by atoms with van der Waals surface area (Å²) in [6, 6.07) is 0. The van der Waals surface area contributed by atoms with E-state index in [1.54, 1.807) is 0 Å². The van der Waals surface area contributed by atoms with Gasteiger partial charge in [-0.25, -0.2) is 0 Å². The molecular weight excluding hydrogens is 190 g/mol. The maximum absolute atomic E-state index is 11.0. The first-order chi connectivity index (χ1) is 7.20. The van der Waals surface area contributed by atoms with Crippen molar-refractivity contribution in [2.45, 2.75) is 59.8 Å². The molecule has 0 aliphatic carbocycles. The molecule has 3 heteroatoms. The summed E-state index contributed by atoms with van der Waals surface area (Å²) in [5, 5.41) is 2.77. The average molecular weight is 215 g/mol. The molecule has 0 radical (unpaired) electrons. The summed E-state index contributed by atoms with van der Waals surface area (Å²) in [7, 11) is 0. The lowest BCUT2D eigenvalue weighted by atomic mass is 10.2. The molecule has 0 rings (SSSR count). The molecule has 0 fully saturated rings. The Morgan fingerprint density at radius 3 is 2.13 bits per heavy atom. The number of rotatable bonds is 7. The predicted octanol–water partition coefficient (Wildman–Crippen LogP) is 2.69. The normalized spacial score (nSPS) is 8.80. The van der Waals surface area contributed by atoms with E-state index < -0.39 is 0 Å². The highest BCUT2D eigenvalue weighted by molar-refractivity contribution is 5.78. The van der Waals surface area contributed by atoms with Crippen LogP contribution in [0.15, 0.2) is 0 Å². The van der Waals surface area contributed by atoms with E-state index in [9.17, 15) is 9.59 Å². The second-order valence-corrected chi connectivity index (χ2v) is 3.10. The summed E-state index contributed by atoms with van der Waals surface area (Å²) in [4.78, 5) is 21.8. The van der Waals surface area contributed by atoms with Crippen LogP contribution in [0.25, 0.3) is 0 Å². The van der Waals surface area contributed by atoms with Crippen LogP contribution in [-0.4, -0.2) is 18.2 Å². The second-order valence-electron chi connectivity index (χ2n) is 3.10. The van der Waals surface area contributed by atoms with Gasteiger partial charge in [-0.05, 0) is 12.8 Å². The maximum Gasteiger partial charge on any atom is 0.219 e. The van der Waals surface area contributed by atoms with Gasteiger partial charge in [0, 0.05) is 25.8 Å². The molecule has 0 saturated heterocycles. The molecule has 0 bridgehead atoms. The van der Waals surface area contributed by atoms with Crippen molar-refractivity contribution in [3.8, 4) is 0 Å². The van der Waals surface area contributed by atoms with Gasteiger partial charge < -0.3 is 5.32 Å². The summed E-state index contributed by atoms with van der Waals surface area (Å²) < 4.78 is 0. The molecule has 90 valence electrons. The van der Waals surface area contributed by atoms with E-state index in [2.05, 4.69) is 5.32 Å². The largest absolute Gasteiger partial charge is 0.356 e. The van der Waals surface area contributed by atoms with E-state index in [1.807, 2.05) is 27.7 Å². The van der Waals surface area contributed by atoms with Crippen molar-refractivity contribution < 1.29 is 9.59 Å². The number of nitrogens with one attached hydrogen (secondary N) is 1. The highest BCUT2D eigenvalue weighted by Gasteiger charge is 2.00. The molecule has 0 saturated carbocycles. The summed E-state index contributed by atoms with van der Waals surface area (Å²) in [5.74, 6) is 0.358. The van der Waals surface area contributed by atoms with Gasteiger partial charge in [-0.1, -0.05) is 27.7 Å². The Balaban J connectivity index is 0. The van der Waals surface area contributed by atoms with Crippen LogP contribution in [-0.2, 0) is 9.59 Å². The highest BCUT2D eigenvalue weighted by atomic mass is 16.1. The molecule has 0 spiro atoms. The lowest BCUT2D eigenvalue weighted by Gasteiger charge is -2.02. The van der Waals surface area contributed by atoms with Crippen molar-refractivity contribution in [2.24, 2.45) is 0 Å².